The molecule has 0 aliphatic heterocycles. The van der Waals surface area contributed by atoms with Crippen molar-refractivity contribution in [1.82, 2.24) is 20.1 Å². The molecule has 0 fully saturated rings. The molecule has 2 N–H and O–H groups in total. The second-order valence-corrected chi connectivity index (χ2v) is 9.90. The Hall–Kier alpha value is -3.20. The van der Waals surface area contributed by atoms with Crippen molar-refractivity contribution in [2.75, 3.05) is 5.32 Å². The number of aryl methyl sites for hydroxylation is 1. The third kappa shape index (κ3) is 5.73. The van der Waals surface area contributed by atoms with Gasteiger partial charge in [-0.2, -0.15) is 16.4 Å². The van der Waals surface area contributed by atoms with E-state index in [1.165, 1.54) is 10.7 Å². The fourth-order valence-corrected chi connectivity index (χ4v) is 4.72. The minimum absolute atomic E-state index is 0.0854. The zero-order valence-corrected chi connectivity index (χ0v) is 21.6. The van der Waals surface area contributed by atoms with E-state index in [1.54, 1.807) is 48.7 Å². The van der Waals surface area contributed by atoms with Crippen LogP contribution in [0.2, 0.25) is 10.0 Å². The van der Waals surface area contributed by atoms with Gasteiger partial charge in [-0.1, -0.05) is 23.2 Å². The number of carbonyl (C=O) groups is 2. The lowest BCUT2D eigenvalue weighted by Gasteiger charge is -2.16. The maximum atomic E-state index is 13.6. The summed E-state index contributed by atoms with van der Waals surface area (Å²) in [6, 6.07) is 10.2. The molecule has 0 unspecified atom stereocenters. The highest BCUT2D eigenvalue weighted by Gasteiger charge is 2.23. The van der Waals surface area contributed by atoms with E-state index < -0.39 is 5.91 Å². The highest BCUT2D eigenvalue weighted by Crippen LogP contribution is 2.28. The van der Waals surface area contributed by atoms with Gasteiger partial charge in [0.15, 0.2) is 5.82 Å². The van der Waals surface area contributed by atoms with E-state index >= 15 is 0 Å². The number of nitrogens with one attached hydrogen (secondary N) is 2. The molecule has 1 aromatic carbocycles. The van der Waals surface area contributed by atoms with Crippen LogP contribution >= 0.6 is 34.5 Å². The molecule has 0 aliphatic carbocycles. The van der Waals surface area contributed by atoms with E-state index in [4.69, 9.17) is 23.2 Å². The van der Waals surface area contributed by atoms with Gasteiger partial charge in [0.1, 0.15) is 5.69 Å². The molecular formula is C25H23Cl2N5O2S. The van der Waals surface area contributed by atoms with Crippen LogP contribution in [0.3, 0.4) is 0 Å². The molecular weight excluding hydrogens is 505 g/mol. The highest BCUT2D eigenvalue weighted by atomic mass is 35.5. The topological polar surface area (TPSA) is 88.9 Å². The number of carbonyl (C=O) groups excluding carboxylic acids is 2. The quantitative estimate of drug-likeness (QED) is 0.312. The lowest BCUT2D eigenvalue weighted by Crippen LogP contribution is -2.31. The summed E-state index contributed by atoms with van der Waals surface area (Å²) in [5.74, 6) is -0.457. The van der Waals surface area contributed by atoms with Crippen molar-refractivity contribution < 1.29 is 9.59 Å². The summed E-state index contributed by atoms with van der Waals surface area (Å²) in [4.78, 5) is 30.7. The van der Waals surface area contributed by atoms with E-state index in [9.17, 15) is 9.59 Å². The zero-order valence-electron chi connectivity index (χ0n) is 19.3. The van der Waals surface area contributed by atoms with Crippen LogP contribution < -0.4 is 10.6 Å². The Morgan fingerprint density at radius 1 is 1.14 bits per heavy atom. The third-order valence-corrected chi connectivity index (χ3v) is 6.35. The van der Waals surface area contributed by atoms with Gasteiger partial charge in [-0.25, -0.2) is 9.67 Å². The number of pyridine rings is 1. The maximum absolute atomic E-state index is 13.6. The van der Waals surface area contributed by atoms with Crippen LogP contribution in [0.15, 0.2) is 53.4 Å². The fraction of sp³-hybridized carbons (Fsp3) is 0.200. The summed E-state index contributed by atoms with van der Waals surface area (Å²) in [6.07, 6.45) is 2.13. The molecule has 0 radical (unpaired) electrons. The number of aromatic nitrogens is 3. The molecule has 10 heteroatoms. The molecule has 0 bridgehead atoms. The van der Waals surface area contributed by atoms with E-state index in [1.807, 2.05) is 30.7 Å². The molecule has 3 heterocycles. The monoisotopic (exact) mass is 527 g/mol. The van der Waals surface area contributed by atoms with Crippen LogP contribution in [0.25, 0.3) is 5.82 Å². The summed E-state index contributed by atoms with van der Waals surface area (Å²) in [6.45, 7) is 5.50. The summed E-state index contributed by atoms with van der Waals surface area (Å²) in [7, 11) is 0. The first-order valence-electron chi connectivity index (χ1n) is 10.9. The molecule has 0 aliphatic rings. The largest absolute Gasteiger partial charge is 0.350 e. The molecule has 0 saturated carbocycles. The van der Waals surface area contributed by atoms with Gasteiger partial charge in [0.2, 0.25) is 0 Å². The Balaban J connectivity index is 1.75. The van der Waals surface area contributed by atoms with Gasteiger partial charge in [-0.15, -0.1) is 0 Å². The van der Waals surface area contributed by atoms with E-state index in [0.29, 0.717) is 39.2 Å². The van der Waals surface area contributed by atoms with E-state index in [2.05, 4.69) is 20.7 Å². The standard InChI is InChI=1S/C25H23Cl2N5O2S/c1-14(2)29-24(33)19-11-17(26)9-15(3)22(19)30-25(34)21-12-18(10-16-6-8-35-13-16)31-32(21)23-20(27)5-4-7-28-23/h4-9,11-14H,10H2,1-3H3,(H,29,33)(H,30,34). The maximum Gasteiger partial charge on any atom is 0.274 e. The molecule has 0 saturated heterocycles. The van der Waals surface area contributed by atoms with Crippen LogP contribution in [-0.2, 0) is 6.42 Å². The SMILES string of the molecule is Cc1cc(Cl)cc(C(=O)NC(C)C)c1NC(=O)c1cc(Cc2ccsc2)nn1-c1ncccc1Cl. The van der Waals surface area contributed by atoms with Crippen molar-refractivity contribution in [3.8, 4) is 5.82 Å². The van der Waals surface area contributed by atoms with Crippen molar-refractivity contribution in [1.29, 1.82) is 0 Å². The van der Waals surface area contributed by atoms with Crippen LogP contribution in [-0.4, -0.2) is 32.6 Å². The van der Waals surface area contributed by atoms with Gasteiger partial charge in [0, 0.05) is 23.7 Å². The first kappa shape index (κ1) is 24.9. The van der Waals surface area contributed by atoms with Gasteiger partial charge in [-0.3, -0.25) is 9.59 Å². The Morgan fingerprint density at radius 3 is 2.63 bits per heavy atom. The van der Waals surface area contributed by atoms with Gasteiger partial charge >= 0.3 is 0 Å². The molecule has 180 valence electrons. The Kier molecular flexibility index (Phi) is 7.54. The first-order chi connectivity index (χ1) is 16.7. The average Bonchev–Trinajstić information content (AvgIpc) is 3.45. The number of anilines is 1. The number of halogens is 2. The van der Waals surface area contributed by atoms with Crippen LogP contribution in [0, 0.1) is 6.92 Å². The Morgan fingerprint density at radius 2 is 1.94 bits per heavy atom. The Bertz CT molecular complexity index is 1380. The minimum Gasteiger partial charge on any atom is -0.350 e. The molecule has 7 nitrogen and oxygen atoms in total. The number of hydrogen-bond donors (Lipinski definition) is 2. The van der Waals surface area contributed by atoms with Gasteiger partial charge in [0.25, 0.3) is 11.8 Å². The van der Waals surface area contributed by atoms with Crippen molar-refractivity contribution >= 4 is 52.0 Å². The van der Waals surface area contributed by atoms with Crippen molar-refractivity contribution in [2.24, 2.45) is 0 Å². The summed E-state index contributed by atoms with van der Waals surface area (Å²) >= 11 is 14.2. The molecule has 2 amide bonds. The van der Waals surface area contributed by atoms with Gasteiger partial charge in [0.05, 0.1) is 22.0 Å². The van der Waals surface area contributed by atoms with Gasteiger partial charge < -0.3 is 10.6 Å². The van der Waals surface area contributed by atoms with E-state index in [-0.39, 0.29) is 23.2 Å². The second-order valence-electron chi connectivity index (χ2n) is 8.28. The van der Waals surface area contributed by atoms with Crippen molar-refractivity contribution in [3.63, 3.8) is 0 Å². The fourth-order valence-electron chi connectivity index (χ4n) is 3.58. The highest BCUT2D eigenvalue weighted by molar-refractivity contribution is 7.07. The number of benzene rings is 1. The molecule has 0 spiro atoms. The number of amides is 2. The van der Waals surface area contributed by atoms with Crippen molar-refractivity contribution in [3.05, 3.63) is 91.5 Å². The number of thiophene rings is 1. The predicted molar refractivity (Wildman–Crippen MR) is 140 cm³/mol. The van der Waals surface area contributed by atoms with E-state index in [0.717, 1.165) is 5.56 Å². The molecule has 4 rings (SSSR count). The van der Waals surface area contributed by atoms with Crippen LogP contribution in [0.1, 0.15) is 51.5 Å². The first-order valence-corrected chi connectivity index (χ1v) is 12.6. The normalized spacial score (nSPS) is 11.0. The summed E-state index contributed by atoms with van der Waals surface area (Å²) in [5, 5.41) is 15.1. The molecule has 0 atom stereocenters. The third-order valence-electron chi connectivity index (χ3n) is 5.10. The predicted octanol–water partition coefficient (Wildman–Crippen LogP) is 5.93. The average molecular weight is 528 g/mol. The Labute approximate surface area is 217 Å². The minimum atomic E-state index is -0.459. The lowest BCUT2D eigenvalue weighted by molar-refractivity contribution is 0.0944. The zero-order chi connectivity index (χ0) is 25.1. The number of hydrogen-bond acceptors (Lipinski definition) is 5. The summed E-state index contributed by atoms with van der Waals surface area (Å²) in [5.41, 5.74) is 3.30. The molecule has 3 aromatic heterocycles. The molecule has 4 aromatic rings. The number of rotatable bonds is 7. The van der Waals surface area contributed by atoms with Crippen molar-refractivity contribution in [2.45, 2.75) is 33.2 Å². The smallest absolute Gasteiger partial charge is 0.274 e. The van der Waals surface area contributed by atoms with Crippen LogP contribution in [0.4, 0.5) is 5.69 Å². The second kappa shape index (κ2) is 10.6. The lowest BCUT2D eigenvalue weighted by atomic mass is 10.1. The molecule has 35 heavy (non-hydrogen) atoms. The van der Waals surface area contributed by atoms with Crippen LogP contribution in [0.5, 0.6) is 0 Å². The number of nitrogens with zero attached hydrogens (tertiary/aromatic N) is 3. The van der Waals surface area contributed by atoms with Gasteiger partial charge in [-0.05, 0) is 79.1 Å². The summed E-state index contributed by atoms with van der Waals surface area (Å²) < 4.78 is 1.43.